The van der Waals surface area contributed by atoms with Gasteiger partial charge in [0, 0.05) is 11.6 Å². The Balaban J connectivity index is 1.88. The van der Waals surface area contributed by atoms with Crippen LogP contribution < -0.4 is 0 Å². The van der Waals surface area contributed by atoms with E-state index in [0.29, 0.717) is 17.7 Å². The summed E-state index contributed by atoms with van der Waals surface area (Å²) in [5.41, 5.74) is 1.72. The summed E-state index contributed by atoms with van der Waals surface area (Å²) < 4.78 is 29.5. The fourth-order valence-corrected chi connectivity index (χ4v) is 5.14. The third-order valence-corrected chi connectivity index (χ3v) is 6.78. The highest BCUT2D eigenvalue weighted by atomic mass is 32.2. The molecule has 5 nitrogen and oxygen atoms in total. The number of hydrogen-bond acceptors (Lipinski definition) is 4. The molecule has 1 unspecified atom stereocenters. The first-order valence-electron chi connectivity index (χ1n) is 9.22. The number of amides is 1. The van der Waals surface area contributed by atoms with Crippen molar-refractivity contribution >= 4 is 15.7 Å². The smallest absolute Gasteiger partial charge is 0.254 e. The van der Waals surface area contributed by atoms with Crippen molar-refractivity contribution in [1.29, 1.82) is 0 Å². The molecule has 3 rings (SSSR count). The van der Waals surface area contributed by atoms with E-state index in [-0.39, 0.29) is 35.4 Å². The maximum absolute atomic E-state index is 13.2. The number of benzene rings is 1. The van der Waals surface area contributed by atoms with Crippen LogP contribution in [0.4, 0.5) is 0 Å². The molecule has 1 fully saturated rings. The zero-order valence-electron chi connectivity index (χ0n) is 16.4. The molecule has 1 amide bonds. The van der Waals surface area contributed by atoms with Crippen LogP contribution in [-0.2, 0) is 21.8 Å². The molecule has 146 valence electrons. The number of nitrogens with zero attached hydrogens (tertiary/aromatic N) is 1. The average Bonchev–Trinajstić information content (AvgIpc) is 3.16. The second kappa shape index (κ2) is 7.15. The number of carbonyl (C=O) groups excluding carboxylic acids is 1. The fourth-order valence-electron chi connectivity index (χ4n) is 3.40. The summed E-state index contributed by atoms with van der Waals surface area (Å²) >= 11 is 0. The number of rotatable bonds is 4. The number of hydrogen-bond donors (Lipinski definition) is 0. The summed E-state index contributed by atoms with van der Waals surface area (Å²) in [5.74, 6) is 1.41. The number of aryl methyl sites for hydroxylation is 1. The van der Waals surface area contributed by atoms with E-state index in [2.05, 4.69) is 20.8 Å². The Hall–Kier alpha value is -2.08. The van der Waals surface area contributed by atoms with Crippen LogP contribution in [0.1, 0.15) is 54.6 Å². The van der Waals surface area contributed by atoms with Crippen LogP contribution in [0.2, 0.25) is 0 Å². The minimum absolute atomic E-state index is 0.00644. The molecular weight excluding hydrogens is 362 g/mol. The Morgan fingerprint density at radius 3 is 2.30 bits per heavy atom. The minimum Gasteiger partial charge on any atom is -0.464 e. The lowest BCUT2D eigenvalue weighted by Gasteiger charge is -2.28. The Bertz CT molecular complexity index is 920. The number of furan rings is 1. The quantitative estimate of drug-likeness (QED) is 0.799. The lowest BCUT2D eigenvalue weighted by Crippen LogP contribution is -2.40. The third-order valence-electron chi connectivity index (χ3n) is 5.03. The summed E-state index contributed by atoms with van der Waals surface area (Å²) in [6, 6.07) is 10.9. The summed E-state index contributed by atoms with van der Waals surface area (Å²) in [6.45, 7) is 8.49. The second-order valence-corrected chi connectivity index (χ2v) is 10.6. The van der Waals surface area contributed by atoms with Gasteiger partial charge in [0.2, 0.25) is 0 Å². The molecule has 0 saturated carbocycles. The molecule has 0 aliphatic carbocycles. The predicted octanol–water partition coefficient (Wildman–Crippen LogP) is 3.72. The molecule has 1 saturated heterocycles. The van der Waals surface area contributed by atoms with Gasteiger partial charge in [0.15, 0.2) is 9.84 Å². The number of sulfone groups is 1. The van der Waals surface area contributed by atoms with Crippen molar-refractivity contribution in [3.63, 3.8) is 0 Å². The van der Waals surface area contributed by atoms with Crippen molar-refractivity contribution in [1.82, 2.24) is 4.90 Å². The minimum atomic E-state index is -3.09. The van der Waals surface area contributed by atoms with Crippen LogP contribution in [0.5, 0.6) is 0 Å². The van der Waals surface area contributed by atoms with Crippen molar-refractivity contribution in [3.05, 3.63) is 59.0 Å². The monoisotopic (exact) mass is 389 g/mol. The zero-order chi connectivity index (χ0) is 19.8. The van der Waals surface area contributed by atoms with Gasteiger partial charge in [-0.05, 0) is 48.6 Å². The van der Waals surface area contributed by atoms with E-state index in [0.717, 1.165) is 11.3 Å². The van der Waals surface area contributed by atoms with Crippen molar-refractivity contribution in [2.24, 2.45) is 0 Å². The van der Waals surface area contributed by atoms with Gasteiger partial charge in [0.05, 0.1) is 18.1 Å². The molecule has 0 radical (unpaired) electrons. The van der Waals surface area contributed by atoms with Crippen LogP contribution in [-0.4, -0.2) is 36.8 Å². The Morgan fingerprint density at radius 2 is 1.81 bits per heavy atom. The van der Waals surface area contributed by atoms with Gasteiger partial charge >= 0.3 is 0 Å². The van der Waals surface area contributed by atoms with E-state index in [4.69, 9.17) is 4.42 Å². The van der Waals surface area contributed by atoms with Crippen LogP contribution in [0.25, 0.3) is 0 Å². The van der Waals surface area contributed by atoms with E-state index in [9.17, 15) is 13.2 Å². The highest BCUT2D eigenvalue weighted by Crippen LogP contribution is 2.25. The molecule has 6 heteroatoms. The fraction of sp³-hybridized carbons (Fsp3) is 0.476. The average molecular weight is 390 g/mol. The first-order chi connectivity index (χ1) is 12.5. The molecule has 1 aliphatic heterocycles. The SMILES string of the molecule is Cc1ccc(CN(C(=O)c2ccc(C(C)(C)C)cc2)C2CCS(=O)(=O)C2)o1. The topological polar surface area (TPSA) is 67.6 Å². The van der Waals surface area contributed by atoms with Crippen molar-refractivity contribution in [2.75, 3.05) is 11.5 Å². The molecule has 1 aromatic heterocycles. The van der Waals surface area contributed by atoms with Crippen LogP contribution in [0, 0.1) is 6.92 Å². The van der Waals surface area contributed by atoms with Crippen molar-refractivity contribution < 1.29 is 17.6 Å². The van der Waals surface area contributed by atoms with Gasteiger partial charge in [-0.2, -0.15) is 0 Å². The lowest BCUT2D eigenvalue weighted by atomic mass is 9.86. The maximum atomic E-state index is 13.2. The van der Waals surface area contributed by atoms with Gasteiger partial charge < -0.3 is 9.32 Å². The highest BCUT2D eigenvalue weighted by Gasteiger charge is 2.35. The highest BCUT2D eigenvalue weighted by molar-refractivity contribution is 7.91. The molecule has 1 atom stereocenters. The van der Waals surface area contributed by atoms with E-state index < -0.39 is 9.84 Å². The van der Waals surface area contributed by atoms with Crippen molar-refractivity contribution in [2.45, 2.75) is 52.1 Å². The molecule has 1 aliphatic rings. The van der Waals surface area contributed by atoms with Gasteiger partial charge in [-0.1, -0.05) is 32.9 Å². The van der Waals surface area contributed by atoms with Gasteiger partial charge in [0.1, 0.15) is 11.5 Å². The van der Waals surface area contributed by atoms with E-state index in [1.165, 1.54) is 0 Å². The molecule has 27 heavy (non-hydrogen) atoms. The Labute approximate surface area is 161 Å². The lowest BCUT2D eigenvalue weighted by molar-refractivity contribution is 0.0665. The number of carbonyl (C=O) groups is 1. The van der Waals surface area contributed by atoms with Gasteiger partial charge in [-0.15, -0.1) is 0 Å². The Kier molecular flexibility index (Phi) is 5.21. The van der Waals surface area contributed by atoms with Gasteiger partial charge in [-0.3, -0.25) is 4.79 Å². The molecular formula is C21H27NO4S. The molecule has 0 spiro atoms. The molecule has 0 bridgehead atoms. The summed E-state index contributed by atoms with van der Waals surface area (Å²) in [7, 11) is -3.09. The van der Waals surface area contributed by atoms with Crippen LogP contribution >= 0.6 is 0 Å². The molecule has 1 aromatic carbocycles. The van der Waals surface area contributed by atoms with Crippen LogP contribution in [0.3, 0.4) is 0 Å². The largest absolute Gasteiger partial charge is 0.464 e. The predicted molar refractivity (Wildman–Crippen MR) is 106 cm³/mol. The molecule has 2 heterocycles. The van der Waals surface area contributed by atoms with E-state index in [1.54, 1.807) is 4.90 Å². The second-order valence-electron chi connectivity index (χ2n) is 8.33. The standard InChI is InChI=1S/C21H27NO4S/c1-15-5-10-19(26-15)13-22(18-11-12-27(24,25)14-18)20(23)16-6-8-17(9-7-16)21(2,3)4/h5-10,18H,11-14H2,1-4H3. The van der Waals surface area contributed by atoms with Gasteiger partial charge in [0.25, 0.3) is 5.91 Å². The van der Waals surface area contributed by atoms with Crippen molar-refractivity contribution in [3.8, 4) is 0 Å². The zero-order valence-corrected chi connectivity index (χ0v) is 17.2. The Morgan fingerprint density at radius 1 is 1.15 bits per heavy atom. The maximum Gasteiger partial charge on any atom is 0.254 e. The summed E-state index contributed by atoms with van der Waals surface area (Å²) in [5, 5.41) is 0. The van der Waals surface area contributed by atoms with Gasteiger partial charge in [-0.25, -0.2) is 8.42 Å². The van der Waals surface area contributed by atoms with E-state index >= 15 is 0 Å². The normalized spacial score (nSPS) is 19.2. The summed E-state index contributed by atoms with van der Waals surface area (Å²) in [6.07, 6.45) is 0.466. The van der Waals surface area contributed by atoms with Crippen LogP contribution in [0.15, 0.2) is 40.8 Å². The summed E-state index contributed by atoms with van der Waals surface area (Å²) in [4.78, 5) is 14.9. The first-order valence-corrected chi connectivity index (χ1v) is 11.0. The van der Waals surface area contributed by atoms with E-state index in [1.807, 2.05) is 43.3 Å². The first kappa shape index (κ1) is 19.7. The molecule has 2 aromatic rings. The third kappa shape index (κ3) is 4.61. The molecule has 0 N–H and O–H groups in total.